The van der Waals surface area contributed by atoms with Crippen molar-refractivity contribution >= 4 is 22.6 Å². The molecular formula is C25H25N5O4. The molecule has 2 aromatic heterocycles. The van der Waals surface area contributed by atoms with Gasteiger partial charge in [0.15, 0.2) is 0 Å². The maximum Gasteiger partial charge on any atom is 0.333 e. The molecule has 1 N–H and O–H groups in total. The van der Waals surface area contributed by atoms with Crippen molar-refractivity contribution in [3.8, 4) is 11.4 Å². The van der Waals surface area contributed by atoms with Gasteiger partial charge in [0.1, 0.15) is 11.3 Å². The number of amides is 1. The number of fused-ring (bicyclic) bond motifs is 1. The van der Waals surface area contributed by atoms with Gasteiger partial charge in [0.05, 0.1) is 23.9 Å². The average molecular weight is 460 g/mol. The molecule has 2 aromatic carbocycles. The number of ether oxygens (including phenoxy) is 1. The van der Waals surface area contributed by atoms with Gasteiger partial charge in [-0.1, -0.05) is 18.2 Å². The summed E-state index contributed by atoms with van der Waals surface area (Å²) in [5, 5.41) is 0. The van der Waals surface area contributed by atoms with Crippen molar-refractivity contribution in [2.75, 3.05) is 38.2 Å². The lowest BCUT2D eigenvalue weighted by Gasteiger charge is -2.36. The number of benzene rings is 2. The van der Waals surface area contributed by atoms with Crippen molar-refractivity contribution in [2.24, 2.45) is 7.05 Å². The molecule has 0 saturated carbocycles. The van der Waals surface area contributed by atoms with Crippen LogP contribution in [-0.4, -0.2) is 58.2 Å². The van der Waals surface area contributed by atoms with E-state index in [1.807, 2.05) is 30.3 Å². The number of aromatic amines is 1. The summed E-state index contributed by atoms with van der Waals surface area (Å²) in [6, 6.07) is 16.6. The fraction of sp³-hybridized carbons (Fsp3) is 0.240. The first-order chi connectivity index (χ1) is 16.5. The highest BCUT2D eigenvalue weighted by Crippen LogP contribution is 2.22. The number of nitrogens with zero attached hydrogens (tertiary/aromatic N) is 4. The molecule has 0 atom stereocenters. The number of methoxy groups -OCH3 is 1. The number of H-pyrrole nitrogens is 1. The summed E-state index contributed by atoms with van der Waals surface area (Å²) in [4.78, 5) is 46.2. The molecule has 174 valence electrons. The topological polar surface area (TPSA) is 92.6 Å². The molecule has 9 heteroatoms. The van der Waals surface area contributed by atoms with E-state index in [9.17, 15) is 14.4 Å². The summed E-state index contributed by atoms with van der Waals surface area (Å²) in [6.07, 6.45) is 1.62. The van der Waals surface area contributed by atoms with Gasteiger partial charge >= 0.3 is 5.69 Å². The van der Waals surface area contributed by atoms with Gasteiger partial charge in [-0.15, -0.1) is 0 Å². The maximum atomic E-state index is 13.4. The summed E-state index contributed by atoms with van der Waals surface area (Å²) in [7, 11) is 3.34. The van der Waals surface area contributed by atoms with Gasteiger partial charge in [-0.2, -0.15) is 0 Å². The zero-order valence-electron chi connectivity index (χ0n) is 19.0. The minimum absolute atomic E-state index is 0.201. The van der Waals surface area contributed by atoms with E-state index < -0.39 is 11.2 Å². The van der Waals surface area contributed by atoms with E-state index in [1.165, 1.54) is 0 Å². The number of carbonyl (C=O) groups excluding carboxylic acids is 1. The van der Waals surface area contributed by atoms with Crippen LogP contribution in [-0.2, 0) is 7.05 Å². The molecule has 0 aliphatic carbocycles. The molecule has 1 aliphatic rings. The summed E-state index contributed by atoms with van der Waals surface area (Å²) >= 11 is 0. The third kappa shape index (κ3) is 3.64. The predicted molar refractivity (Wildman–Crippen MR) is 130 cm³/mol. The second kappa shape index (κ2) is 8.58. The lowest BCUT2D eigenvalue weighted by molar-refractivity contribution is 0.0748. The largest absolute Gasteiger partial charge is 0.497 e. The fourth-order valence-electron chi connectivity index (χ4n) is 4.48. The smallest absolute Gasteiger partial charge is 0.333 e. The second-order valence-electron chi connectivity index (χ2n) is 8.26. The molecule has 0 bridgehead atoms. The number of hydrogen-bond acceptors (Lipinski definition) is 5. The van der Waals surface area contributed by atoms with E-state index >= 15 is 0 Å². The van der Waals surface area contributed by atoms with Crippen LogP contribution in [0.2, 0.25) is 0 Å². The normalized spacial score (nSPS) is 13.9. The summed E-state index contributed by atoms with van der Waals surface area (Å²) < 4.78 is 7.91. The first-order valence-corrected chi connectivity index (χ1v) is 11.1. The molecule has 0 spiro atoms. The zero-order chi connectivity index (χ0) is 23.8. The summed E-state index contributed by atoms with van der Waals surface area (Å²) in [5.74, 6) is 0.598. The third-order valence-corrected chi connectivity index (χ3v) is 6.27. The second-order valence-corrected chi connectivity index (χ2v) is 8.26. The van der Waals surface area contributed by atoms with Gasteiger partial charge in [-0.25, -0.2) is 9.36 Å². The SMILES string of the molecule is COc1ccc(N2CCN(C(=O)c3cn(C)c4c(=O)n(-c5ccccc5)c(=O)[nH]c34)CC2)cc1. The standard InChI is InChI=1S/C25H25N5O4/c1-27-16-20(21-22(27)24(32)30(25(33)26-21)18-6-4-3-5-7-18)23(31)29-14-12-28(13-15-29)17-8-10-19(34-2)11-9-17/h3-11,16H,12-15H2,1-2H3,(H,26,33). The Labute approximate surface area is 195 Å². The van der Waals surface area contributed by atoms with E-state index in [-0.39, 0.29) is 16.9 Å². The molecule has 4 aromatic rings. The minimum Gasteiger partial charge on any atom is -0.497 e. The van der Waals surface area contributed by atoms with Crippen molar-refractivity contribution in [1.82, 2.24) is 19.0 Å². The molecular weight excluding hydrogens is 434 g/mol. The Kier molecular flexibility index (Phi) is 5.45. The van der Waals surface area contributed by atoms with Crippen LogP contribution in [0.3, 0.4) is 0 Å². The number of anilines is 1. The van der Waals surface area contributed by atoms with Crippen molar-refractivity contribution in [3.63, 3.8) is 0 Å². The van der Waals surface area contributed by atoms with E-state index in [1.54, 1.807) is 54.1 Å². The molecule has 34 heavy (non-hydrogen) atoms. The number of rotatable bonds is 4. The van der Waals surface area contributed by atoms with Gasteiger partial charge < -0.3 is 24.1 Å². The lowest BCUT2D eigenvalue weighted by atomic mass is 10.2. The van der Waals surface area contributed by atoms with E-state index in [2.05, 4.69) is 9.88 Å². The Bertz CT molecular complexity index is 1460. The van der Waals surface area contributed by atoms with Crippen LogP contribution in [0, 0.1) is 0 Å². The minimum atomic E-state index is -0.576. The highest BCUT2D eigenvalue weighted by molar-refractivity contribution is 6.05. The Hall–Kier alpha value is -4.27. The monoisotopic (exact) mass is 459 g/mol. The maximum absolute atomic E-state index is 13.4. The number of piperazine rings is 1. The van der Waals surface area contributed by atoms with E-state index in [0.717, 1.165) is 16.0 Å². The van der Waals surface area contributed by atoms with Gasteiger partial charge in [0.25, 0.3) is 11.5 Å². The van der Waals surface area contributed by atoms with Gasteiger partial charge in [0, 0.05) is 45.1 Å². The molecule has 5 rings (SSSR count). The number of aromatic nitrogens is 3. The van der Waals surface area contributed by atoms with Crippen LogP contribution in [0.5, 0.6) is 5.75 Å². The number of aryl methyl sites for hydroxylation is 1. The predicted octanol–water partition coefficient (Wildman–Crippen LogP) is 1.99. The Morgan fingerprint density at radius 3 is 2.24 bits per heavy atom. The van der Waals surface area contributed by atoms with Crippen molar-refractivity contribution < 1.29 is 9.53 Å². The first kappa shape index (κ1) is 21.6. The average Bonchev–Trinajstić information content (AvgIpc) is 3.20. The van der Waals surface area contributed by atoms with Crippen LogP contribution in [0.4, 0.5) is 5.69 Å². The molecule has 0 radical (unpaired) electrons. The molecule has 1 saturated heterocycles. The van der Waals surface area contributed by atoms with Crippen LogP contribution in [0.15, 0.2) is 70.4 Å². The van der Waals surface area contributed by atoms with Crippen LogP contribution >= 0.6 is 0 Å². The quantitative estimate of drug-likeness (QED) is 0.504. The van der Waals surface area contributed by atoms with Crippen LogP contribution < -0.4 is 20.9 Å². The van der Waals surface area contributed by atoms with Gasteiger partial charge in [0.2, 0.25) is 0 Å². The fourth-order valence-corrected chi connectivity index (χ4v) is 4.48. The molecule has 1 amide bonds. The number of nitrogens with one attached hydrogen (secondary N) is 1. The first-order valence-electron chi connectivity index (χ1n) is 11.1. The molecule has 1 aliphatic heterocycles. The molecule has 9 nitrogen and oxygen atoms in total. The third-order valence-electron chi connectivity index (χ3n) is 6.27. The zero-order valence-corrected chi connectivity index (χ0v) is 19.0. The summed E-state index contributed by atoms with van der Waals surface area (Å²) in [6.45, 7) is 2.43. The van der Waals surface area contributed by atoms with Crippen LogP contribution in [0.1, 0.15) is 10.4 Å². The van der Waals surface area contributed by atoms with Crippen molar-refractivity contribution in [2.45, 2.75) is 0 Å². The van der Waals surface area contributed by atoms with E-state index in [0.29, 0.717) is 37.4 Å². The lowest BCUT2D eigenvalue weighted by Crippen LogP contribution is -2.48. The molecule has 1 fully saturated rings. The van der Waals surface area contributed by atoms with Gasteiger partial charge in [-0.05, 0) is 36.4 Å². The molecule has 0 unspecified atom stereocenters. The number of para-hydroxylation sites is 1. The van der Waals surface area contributed by atoms with Gasteiger partial charge in [-0.3, -0.25) is 9.59 Å². The van der Waals surface area contributed by atoms with Crippen molar-refractivity contribution in [3.05, 3.63) is 87.2 Å². The summed E-state index contributed by atoms with van der Waals surface area (Å²) in [5.41, 5.74) is 1.38. The number of hydrogen-bond donors (Lipinski definition) is 1. The molecule has 3 heterocycles. The Morgan fingerprint density at radius 2 is 1.59 bits per heavy atom. The van der Waals surface area contributed by atoms with E-state index in [4.69, 9.17) is 4.74 Å². The highest BCUT2D eigenvalue weighted by atomic mass is 16.5. The Morgan fingerprint density at radius 1 is 0.912 bits per heavy atom. The highest BCUT2D eigenvalue weighted by Gasteiger charge is 2.27. The number of carbonyl (C=O) groups is 1. The van der Waals surface area contributed by atoms with Crippen molar-refractivity contribution in [1.29, 1.82) is 0 Å². The Balaban J connectivity index is 1.42. The van der Waals surface area contributed by atoms with Crippen LogP contribution in [0.25, 0.3) is 16.7 Å².